The van der Waals surface area contributed by atoms with Gasteiger partial charge in [-0.1, -0.05) is 195 Å². The molecule has 11 aromatic carbocycles. The van der Waals surface area contributed by atoms with Crippen LogP contribution in [0, 0.1) is 0 Å². The Hall–Kier alpha value is -7.97. The van der Waals surface area contributed by atoms with Crippen LogP contribution in [0.5, 0.6) is 5.75 Å². The van der Waals surface area contributed by atoms with Crippen molar-refractivity contribution in [3.8, 4) is 39.1 Å². The fourth-order valence-electron chi connectivity index (χ4n) is 10.4. The van der Waals surface area contributed by atoms with E-state index in [0.717, 1.165) is 62.1 Å². The lowest BCUT2D eigenvalue weighted by molar-refractivity contribution is 0.416. The monoisotopic (exact) mass is 964 g/mol. The highest BCUT2D eigenvalue weighted by Crippen LogP contribution is 2.45. The Kier molecular flexibility index (Phi) is 12.2. The third-order valence-electron chi connectivity index (χ3n) is 14.3. The average Bonchev–Trinajstić information content (AvgIpc) is 3.41. The molecule has 0 aliphatic heterocycles. The molecule has 0 atom stereocenters. The number of nitrogens with zero attached hydrogens (tertiary/aromatic N) is 2. The average molecular weight is 965 g/mol. The maximum Gasteiger partial charge on any atom is 0.127 e. The molecule has 0 saturated carbocycles. The minimum absolute atomic E-state index is 0.840. The van der Waals surface area contributed by atoms with Crippen LogP contribution < -0.4 is 24.9 Å². The van der Waals surface area contributed by atoms with E-state index in [2.05, 4.69) is 286 Å². The molecule has 0 bridgehead atoms. The molecular weight excluding hydrogens is 905 g/mol. The van der Waals surface area contributed by atoms with Crippen molar-refractivity contribution in [1.29, 1.82) is 0 Å². The SMILES string of the molecule is COc1cc(-c2ccc(N(c3ccccc3)c3ccc([Si](C)(C)C)cc3)cc2)ccc1-c1cc2c3ccccc3c(-c3ccc(N(c4ccccc4)c4ccc([Si](C)(C)C)cc4)cc3)cc2c2ccccc12. The Balaban J connectivity index is 0.958. The maximum absolute atomic E-state index is 6.29. The lowest BCUT2D eigenvalue weighted by Crippen LogP contribution is -2.37. The van der Waals surface area contributed by atoms with Crippen molar-refractivity contribution in [2.75, 3.05) is 16.9 Å². The van der Waals surface area contributed by atoms with Gasteiger partial charge in [0.1, 0.15) is 5.75 Å². The van der Waals surface area contributed by atoms with Crippen LogP contribution in [-0.4, -0.2) is 23.3 Å². The molecule has 3 nitrogen and oxygen atoms in total. The van der Waals surface area contributed by atoms with Crippen molar-refractivity contribution in [3.63, 3.8) is 0 Å². The molecule has 0 radical (unpaired) electrons. The van der Waals surface area contributed by atoms with Crippen molar-refractivity contribution < 1.29 is 4.74 Å². The van der Waals surface area contributed by atoms with Crippen molar-refractivity contribution in [2.24, 2.45) is 0 Å². The molecule has 0 heterocycles. The summed E-state index contributed by atoms with van der Waals surface area (Å²) >= 11 is 0. The van der Waals surface area contributed by atoms with Crippen LogP contribution in [0.1, 0.15) is 0 Å². The molecule has 0 amide bonds. The van der Waals surface area contributed by atoms with E-state index in [0.29, 0.717) is 0 Å². The van der Waals surface area contributed by atoms with Crippen molar-refractivity contribution in [2.45, 2.75) is 39.3 Å². The van der Waals surface area contributed by atoms with Crippen molar-refractivity contribution >= 4 is 93.0 Å². The van der Waals surface area contributed by atoms with E-state index >= 15 is 0 Å². The van der Waals surface area contributed by atoms with E-state index < -0.39 is 16.1 Å². The largest absolute Gasteiger partial charge is 0.496 e. The van der Waals surface area contributed by atoms with Gasteiger partial charge < -0.3 is 14.5 Å². The van der Waals surface area contributed by atoms with Crippen LogP contribution in [0.25, 0.3) is 65.7 Å². The minimum atomic E-state index is -1.44. The van der Waals surface area contributed by atoms with Crippen LogP contribution >= 0.6 is 0 Å². The second-order valence-electron chi connectivity index (χ2n) is 21.0. The summed E-state index contributed by atoms with van der Waals surface area (Å²) < 4.78 is 6.29. The third kappa shape index (κ3) is 8.91. The Bertz CT molecular complexity index is 3710. The van der Waals surface area contributed by atoms with Gasteiger partial charge in [-0.3, -0.25) is 0 Å². The molecule has 0 aliphatic rings. The Morgan fingerprint density at radius 3 is 1.06 bits per heavy atom. The highest BCUT2D eigenvalue weighted by molar-refractivity contribution is 6.89. The second kappa shape index (κ2) is 19.0. The number of methoxy groups -OCH3 is 1. The second-order valence-corrected chi connectivity index (χ2v) is 31.1. The van der Waals surface area contributed by atoms with Crippen LogP contribution in [0.4, 0.5) is 34.1 Å². The maximum atomic E-state index is 6.29. The van der Waals surface area contributed by atoms with E-state index in [1.165, 1.54) is 53.8 Å². The molecule has 11 rings (SSSR count). The molecule has 0 fully saturated rings. The van der Waals surface area contributed by atoms with Crippen molar-refractivity contribution in [3.05, 3.63) is 237 Å². The summed E-state index contributed by atoms with van der Waals surface area (Å²) in [5, 5.41) is 10.2. The highest BCUT2D eigenvalue weighted by atomic mass is 28.3. The summed E-state index contributed by atoms with van der Waals surface area (Å²) in [6.45, 7) is 14.4. The Labute approximate surface area is 427 Å². The molecule has 11 aromatic rings. The topological polar surface area (TPSA) is 15.7 Å². The van der Waals surface area contributed by atoms with Crippen molar-refractivity contribution in [1.82, 2.24) is 0 Å². The molecule has 352 valence electrons. The van der Waals surface area contributed by atoms with Gasteiger partial charge in [-0.15, -0.1) is 0 Å². The number of fused-ring (bicyclic) bond motifs is 5. The molecule has 0 aromatic heterocycles. The number of ether oxygens (including phenoxy) is 1. The lowest BCUT2D eigenvalue weighted by atomic mass is 9.87. The van der Waals surface area contributed by atoms with Gasteiger partial charge in [0.2, 0.25) is 0 Å². The minimum Gasteiger partial charge on any atom is -0.496 e. The smallest absolute Gasteiger partial charge is 0.127 e. The number of anilines is 6. The Morgan fingerprint density at radius 1 is 0.278 bits per heavy atom. The molecule has 0 unspecified atom stereocenters. The predicted molar refractivity (Wildman–Crippen MR) is 317 cm³/mol. The molecule has 0 spiro atoms. The fourth-order valence-corrected chi connectivity index (χ4v) is 12.7. The van der Waals surface area contributed by atoms with Gasteiger partial charge in [0, 0.05) is 39.7 Å². The molecule has 0 N–H and O–H groups in total. The van der Waals surface area contributed by atoms with Gasteiger partial charge in [-0.25, -0.2) is 0 Å². The molecule has 0 aliphatic carbocycles. The first-order valence-electron chi connectivity index (χ1n) is 25.1. The van der Waals surface area contributed by atoms with E-state index in [9.17, 15) is 0 Å². The third-order valence-corrected chi connectivity index (χ3v) is 18.4. The van der Waals surface area contributed by atoms with Crippen LogP contribution in [0.15, 0.2) is 237 Å². The summed E-state index contributed by atoms with van der Waals surface area (Å²) in [5.74, 6) is 0.840. The standard InChI is InChI=1S/C67H60N2OSi2/c1-70-67-44-49(47-26-31-52(32-27-47)68(50-18-10-8-11-19-50)54-35-39-56(40-36-54)71(2,3)4)30-43-62(67)64-46-66-59-23-15-14-22-58(59)63(45-65(66)61-25-17-16-24-60(61)64)48-28-33-53(34-29-48)69(51-20-12-9-13-21-51)55-37-41-57(42-38-55)72(5,6)7/h8-46H,1-7H3. The van der Waals surface area contributed by atoms with Gasteiger partial charge in [0.25, 0.3) is 0 Å². The summed E-state index contributed by atoms with van der Waals surface area (Å²) in [6.07, 6.45) is 0. The van der Waals surface area contributed by atoms with Gasteiger partial charge >= 0.3 is 0 Å². The van der Waals surface area contributed by atoms with Crippen LogP contribution in [0.3, 0.4) is 0 Å². The zero-order chi connectivity index (χ0) is 49.6. The van der Waals surface area contributed by atoms with E-state index in [4.69, 9.17) is 4.74 Å². The molecule has 72 heavy (non-hydrogen) atoms. The first-order chi connectivity index (χ1) is 34.9. The number of hydrogen-bond donors (Lipinski definition) is 0. The van der Waals surface area contributed by atoms with Gasteiger partial charge in [-0.2, -0.15) is 0 Å². The number of hydrogen-bond acceptors (Lipinski definition) is 3. The van der Waals surface area contributed by atoms with Gasteiger partial charge in [0.05, 0.1) is 23.3 Å². The Morgan fingerprint density at radius 2 is 0.625 bits per heavy atom. The number of para-hydroxylation sites is 2. The predicted octanol–water partition coefficient (Wildman–Crippen LogP) is 18.2. The summed E-state index contributed by atoms with van der Waals surface area (Å²) in [4.78, 5) is 4.70. The summed E-state index contributed by atoms with van der Waals surface area (Å²) in [6, 6.07) is 86.9. The highest BCUT2D eigenvalue weighted by Gasteiger charge is 2.22. The number of rotatable bonds is 12. The van der Waals surface area contributed by atoms with Gasteiger partial charge in [0.15, 0.2) is 0 Å². The van der Waals surface area contributed by atoms with E-state index in [1.807, 2.05) is 0 Å². The number of benzene rings is 11. The lowest BCUT2D eigenvalue weighted by Gasteiger charge is -2.27. The normalized spacial score (nSPS) is 11.8. The van der Waals surface area contributed by atoms with Gasteiger partial charge in [-0.05, 0) is 151 Å². The zero-order valence-corrected chi connectivity index (χ0v) is 44.3. The molecule has 5 heteroatoms. The van der Waals surface area contributed by atoms with Crippen LogP contribution in [0.2, 0.25) is 39.3 Å². The zero-order valence-electron chi connectivity index (χ0n) is 42.3. The van der Waals surface area contributed by atoms with Crippen LogP contribution in [-0.2, 0) is 0 Å². The first-order valence-corrected chi connectivity index (χ1v) is 32.1. The molecular formula is C67H60N2OSi2. The quantitative estimate of drug-likeness (QED) is 0.0896. The fraction of sp³-hybridized carbons (Fsp3) is 0.104. The van der Waals surface area contributed by atoms with E-state index in [1.54, 1.807) is 7.11 Å². The molecule has 0 saturated heterocycles. The summed E-state index contributed by atoms with van der Waals surface area (Å²) in [7, 11) is -1.09. The van der Waals surface area contributed by atoms with E-state index in [-0.39, 0.29) is 0 Å². The summed E-state index contributed by atoms with van der Waals surface area (Å²) in [5.41, 5.74) is 13.6. The first kappa shape index (κ1) is 46.4.